The first kappa shape index (κ1) is 14.8. The van der Waals surface area contributed by atoms with Crippen LogP contribution in [0.4, 0.5) is 5.69 Å². The topological polar surface area (TPSA) is 89.7 Å². The van der Waals surface area contributed by atoms with Crippen LogP contribution in [0.3, 0.4) is 0 Å². The van der Waals surface area contributed by atoms with Gasteiger partial charge >= 0.3 is 5.97 Å². The number of nitro benzene ring substituents is 1. The largest absolute Gasteiger partial charge is 0.489 e. The molecule has 1 N–H and O–H groups in total. The van der Waals surface area contributed by atoms with Gasteiger partial charge in [0.25, 0.3) is 5.69 Å². The van der Waals surface area contributed by atoms with Crippen LogP contribution in [0.1, 0.15) is 15.9 Å². The molecule has 0 aliphatic rings. The molecule has 2 aromatic carbocycles. The van der Waals surface area contributed by atoms with Crippen molar-refractivity contribution in [3.05, 3.63) is 68.7 Å². The predicted octanol–water partition coefficient (Wildman–Crippen LogP) is 3.53. The van der Waals surface area contributed by atoms with Gasteiger partial charge in [0.2, 0.25) is 0 Å². The minimum absolute atomic E-state index is 0.0923. The van der Waals surface area contributed by atoms with Gasteiger partial charge in [-0.05, 0) is 24.3 Å². The average molecular weight is 308 g/mol. The zero-order chi connectivity index (χ0) is 15.4. The Kier molecular flexibility index (Phi) is 4.39. The number of carbonyl (C=O) groups is 1. The highest BCUT2D eigenvalue weighted by atomic mass is 35.5. The molecule has 0 saturated heterocycles. The van der Waals surface area contributed by atoms with E-state index in [-0.39, 0.29) is 17.7 Å². The van der Waals surface area contributed by atoms with E-state index in [0.29, 0.717) is 10.8 Å². The predicted molar refractivity (Wildman–Crippen MR) is 75.8 cm³/mol. The molecule has 0 radical (unpaired) electrons. The van der Waals surface area contributed by atoms with Crippen molar-refractivity contribution in [2.24, 2.45) is 0 Å². The molecule has 108 valence electrons. The van der Waals surface area contributed by atoms with Crippen molar-refractivity contribution in [1.29, 1.82) is 0 Å². The maximum atomic E-state index is 11.2. The molecule has 0 saturated carbocycles. The van der Waals surface area contributed by atoms with E-state index in [1.54, 1.807) is 24.3 Å². The molecule has 2 rings (SSSR count). The molecule has 0 amide bonds. The first-order chi connectivity index (χ1) is 9.99. The van der Waals surface area contributed by atoms with Crippen molar-refractivity contribution in [3.8, 4) is 5.75 Å². The molecule has 0 aliphatic carbocycles. The van der Waals surface area contributed by atoms with Gasteiger partial charge in [-0.15, -0.1) is 0 Å². The maximum absolute atomic E-state index is 11.2. The van der Waals surface area contributed by atoms with Gasteiger partial charge in [0.1, 0.15) is 17.9 Å². The van der Waals surface area contributed by atoms with Crippen LogP contribution in [0.5, 0.6) is 5.75 Å². The van der Waals surface area contributed by atoms with Gasteiger partial charge in [-0.25, -0.2) is 4.79 Å². The van der Waals surface area contributed by atoms with Gasteiger partial charge in [0.15, 0.2) is 0 Å². The Hall–Kier alpha value is -2.60. The Morgan fingerprint density at radius 1 is 1.24 bits per heavy atom. The Bertz CT molecular complexity index is 684. The van der Waals surface area contributed by atoms with Crippen molar-refractivity contribution in [1.82, 2.24) is 0 Å². The monoisotopic (exact) mass is 307 g/mol. The van der Waals surface area contributed by atoms with Crippen LogP contribution in [0.2, 0.25) is 5.02 Å². The number of ether oxygens (including phenoxy) is 1. The smallest absolute Gasteiger partial charge is 0.343 e. The highest BCUT2D eigenvalue weighted by Crippen LogP contribution is 2.24. The first-order valence-electron chi connectivity index (χ1n) is 5.87. The summed E-state index contributed by atoms with van der Waals surface area (Å²) in [6.45, 7) is -0.0923. The number of hydrogen-bond acceptors (Lipinski definition) is 4. The Morgan fingerprint density at radius 3 is 2.48 bits per heavy atom. The molecule has 0 fully saturated rings. The molecule has 0 spiro atoms. The molecule has 0 aromatic heterocycles. The van der Waals surface area contributed by atoms with Crippen molar-refractivity contribution in [2.75, 3.05) is 0 Å². The second-order valence-electron chi connectivity index (χ2n) is 4.12. The normalized spacial score (nSPS) is 10.1. The number of rotatable bonds is 5. The zero-order valence-corrected chi connectivity index (χ0v) is 11.4. The summed E-state index contributed by atoms with van der Waals surface area (Å²) in [6.07, 6.45) is 0. The highest BCUT2D eigenvalue weighted by Gasteiger charge is 2.23. The number of carboxylic acids is 1. The zero-order valence-electron chi connectivity index (χ0n) is 10.7. The van der Waals surface area contributed by atoms with Gasteiger partial charge in [0.05, 0.1) is 4.92 Å². The fourth-order valence-electron chi connectivity index (χ4n) is 1.80. The number of benzene rings is 2. The molecule has 0 bridgehead atoms. The first-order valence-corrected chi connectivity index (χ1v) is 6.25. The summed E-state index contributed by atoms with van der Waals surface area (Å²) in [7, 11) is 0. The van der Waals surface area contributed by atoms with E-state index in [2.05, 4.69) is 0 Å². The number of hydrogen-bond donors (Lipinski definition) is 1. The molecule has 0 atom stereocenters. The standard InChI is InChI=1S/C14H10ClNO5/c15-10-4-6-11(7-5-10)21-8-9-2-1-3-12(16(19)20)13(9)14(17)18/h1-7H,8H2,(H,17,18). The SMILES string of the molecule is O=C(O)c1c(COc2ccc(Cl)cc2)cccc1[N+](=O)[O-]. The van der Waals surface area contributed by atoms with Crippen molar-refractivity contribution < 1.29 is 19.6 Å². The number of carboxylic acid groups (broad SMARTS) is 1. The summed E-state index contributed by atoms with van der Waals surface area (Å²) in [4.78, 5) is 21.4. The molecule has 6 nitrogen and oxygen atoms in total. The van der Waals surface area contributed by atoms with Crippen LogP contribution in [-0.2, 0) is 6.61 Å². The number of aromatic carboxylic acids is 1. The van der Waals surface area contributed by atoms with E-state index in [4.69, 9.17) is 21.4 Å². The Labute approximate surface area is 124 Å². The maximum Gasteiger partial charge on any atom is 0.343 e. The lowest BCUT2D eigenvalue weighted by Crippen LogP contribution is -2.09. The highest BCUT2D eigenvalue weighted by molar-refractivity contribution is 6.30. The van der Waals surface area contributed by atoms with Crippen molar-refractivity contribution in [3.63, 3.8) is 0 Å². The second kappa shape index (κ2) is 6.23. The molecule has 2 aromatic rings. The van der Waals surface area contributed by atoms with Gasteiger partial charge < -0.3 is 9.84 Å². The fraction of sp³-hybridized carbons (Fsp3) is 0.0714. The van der Waals surface area contributed by atoms with Crippen LogP contribution >= 0.6 is 11.6 Å². The summed E-state index contributed by atoms with van der Waals surface area (Å²) in [5, 5.41) is 20.6. The van der Waals surface area contributed by atoms with Gasteiger partial charge in [0, 0.05) is 16.7 Å². The quantitative estimate of drug-likeness (QED) is 0.674. The molecule has 0 aliphatic heterocycles. The van der Waals surface area contributed by atoms with Crippen molar-refractivity contribution in [2.45, 2.75) is 6.61 Å². The lowest BCUT2D eigenvalue weighted by Gasteiger charge is -2.09. The van der Waals surface area contributed by atoms with E-state index in [1.807, 2.05) is 0 Å². The lowest BCUT2D eigenvalue weighted by molar-refractivity contribution is -0.385. The summed E-state index contributed by atoms with van der Waals surface area (Å²) in [5.74, 6) is -0.876. The minimum atomic E-state index is -1.36. The van der Waals surface area contributed by atoms with E-state index >= 15 is 0 Å². The van der Waals surface area contributed by atoms with Crippen LogP contribution < -0.4 is 4.74 Å². The van der Waals surface area contributed by atoms with E-state index in [1.165, 1.54) is 12.1 Å². The number of halogens is 1. The summed E-state index contributed by atoms with van der Waals surface area (Å²) in [6, 6.07) is 10.6. The average Bonchev–Trinajstić information content (AvgIpc) is 2.46. The Morgan fingerprint density at radius 2 is 1.90 bits per heavy atom. The van der Waals surface area contributed by atoms with Gasteiger partial charge in [-0.1, -0.05) is 23.7 Å². The Balaban J connectivity index is 2.27. The van der Waals surface area contributed by atoms with E-state index in [9.17, 15) is 14.9 Å². The fourth-order valence-corrected chi connectivity index (χ4v) is 1.92. The van der Waals surface area contributed by atoms with Crippen LogP contribution in [0.15, 0.2) is 42.5 Å². The summed E-state index contributed by atoms with van der Waals surface area (Å²) >= 11 is 5.74. The van der Waals surface area contributed by atoms with Crippen molar-refractivity contribution >= 4 is 23.3 Å². The minimum Gasteiger partial charge on any atom is -0.489 e. The summed E-state index contributed by atoms with van der Waals surface area (Å²) < 4.78 is 5.43. The molecular formula is C14H10ClNO5. The summed E-state index contributed by atoms with van der Waals surface area (Å²) in [5.41, 5.74) is -0.595. The lowest BCUT2D eigenvalue weighted by atomic mass is 10.1. The van der Waals surface area contributed by atoms with Gasteiger partial charge in [-0.3, -0.25) is 10.1 Å². The number of nitro groups is 1. The van der Waals surface area contributed by atoms with Crippen LogP contribution in [0, 0.1) is 10.1 Å². The third-order valence-electron chi connectivity index (χ3n) is 2.75. The third kappa shape index (κ3) is 3.49. The third-order valence-corrected chi connectivity index (χ3v) is 3.00. The van der Waals surface area contributed by atoms with E-state index in [0.717, 1.165) is 6.07 Å². The van der Waals surface area contributed by atoms with Crippen LogP contribution in [0.25, 0.3) is 0 Å². The molecule has 0 heterocycles. The van der Waals surface area contributed by atoms with E-state index < -0.39 is 16.6 Å². The molecule has 7 heteroatoms. The van der Waals surface area contributed by atoms with Crippen LogP contribution in [-0.4, -0.2) is 16.0 Å². The van der Waals surface area contributed by atoms with Gasteiger partial charge in [-0.2, -0.15) is 0 Å². The molecule has 21 heavy (non-hydrogen) atoms. The number of nitrogens with zero attached hydrogens (tertiary/aromatic N) is 1. The molecule has 0 unspecified atom stereocenters. The molecular weight excluding hydrogens is 298 g/mol. The second-order valence-corrected chi connectivity index (χ2v) is 4.55.